The predicted molar refractivity (Wildman–Crippen MR) is 145 cm³/mol. The van der Waals surface area contributed by atoms with Crippen LogP contribution in [-0.4, -0.2) is 39.4 Å². The largest absolute Gasteiger partial charge is 0.478 e. The Morgan fingerprint density at radius 1 is 1.02 bits per heavy atom. The van der Waals surface area contributed by atoms with Gasteiger partial charge in [-0.2, -0.15) is 13.2 Å². The average molecular weight is 564 g/mol. The van der Waals surface area contributed by atoms with Gasteiger partial charge in [0.25, 0.3) is 0 Å². The summed E-state index contributed by atoms with van der Waals surface area (Å²) in [6.45, 7) is 0.154. The zero-order valence-electron chi connectivity index (χ0n) is 22.1. The molecule has 2 aliphatic heterocycles. The van der Waals surface area contributed by atoms with Crippen molar-refractivity contribution in [3.05, 3.63) is 77.0 Å². The number of hydrogen-bond donors (Lipinski definition) is 1. The number of anilines is 1. The molecule has 0 amide bonds. The number of carboxylic acids is 1. The highest BCUT2D eigenvalue weighted by atomic mass is 19.4. The second kappa shape index (κ2) is 9.87. The van der Waals surface area contributed by atoms with E-state index >= 15 is 0 Å². The van der Waals surface area contributed by atoms with E-state index < -0.39 is 17.7 Å². The quantitative estimate of drug-likeness (QED) is 0.254. The van der Waals surface area contributed by atoms with E-state index in [-0.39, 0.29) is 47.5 Å². The van der Waals surface area contributed by atoms with E-state index in [1.807, 2.05) is 12.1 Å². The van der Waals surface area contributed by atoms with Crippen molar-refractivity contribution < 1.29 is 32.3 Å². The van der Waals surface area contributed by atoms with Crippen molar-refractivity contribution in [2.75, 3.05) is 4.90 Å². The molecule has 7 nitrogen and oxygen atoms in total. The van der Waals surface area contributed by atoms with E-state index in [4.69, 9.17) is 14.2 Å². The molecule has 212 valence electrons. The molecule has 2 aromatic heterocycles. The van der Waals surface area contributed by atoms with Crippen molar-refractivity contribution in [2.24, 2.45) is 0 Å². The van der Waals surface area contributed by atoms with E-state index in [0.29, 0.717) is 11.3 Å². The van der Waals surface area contributed by atoms with Crippen molar-refractivity contribution in [1.29, 1.82) is 0 Å². The van der Waals surface area contributed by atoms with Gasteiger partial charge in [-0.1, -0.05) is 23.4 Å². The zero-order chi connectivity index (χ0) is 28.3. The number of aromatic carboxylic acids is 1. The number of carboxylic acid groups (broad SMARTS) is 1. The second-order valence-corrected chi connectivity index (χ2v) is 11.3. The van der Waals surface area contributed by atoms with Crippen molar-refractivity contribution >= 4 is 22.7 Å². The van der Waals surface area contributed by atoms with Gasteiger partial charge in [0.2, 0.25) is 0 Å². The van der Waals surface area contributed by atoms with Crippen LogP contribution >= 0.6 is 0 Å². The van der Waals surface area contributed by atoms with Crippen LogP contribution in [0.3, 0.4) is 0 Å². The van der Waals surface area contributed by atoms with Crippen LogP contribution in [0.15, 0.2) is 59.1 Å². The number of nitrogens with zero attached hydrogens (tertiary/aromatic N) is 3. The third-order valence-electron chi connectivity index (χ3n) is 8.59. The van der Waals surface area contributed by atoms with Crippen molar-refractivity contribution in [3.8, 4) is 11.3 Å². The molecule has 3 fully saturated rings. The van der Waals surface area contributed by atoms with Gasteiger partial charge >= 0.3 is 12.1 Å². The Labute approximate surface area is 233 Å². The summed E-state index contributed by atoms with van der Waals surface area (Å²) in [6, 6.07) is 14.8. The number of fused-ring (bicyclic) bond motifs is 3. The van der Waals surface area contributed by atoms with E-state index in [1.165, 1.54) is 12.1 Å². The van der Waals surface area contributed by atoms with Crippen molar-refractivity contribution in [1.82, 2.24) is 10.1 Å². The molecule has 1 unspecified atom stereocenters. The van der Waals surface area contributed by atoms with Crippen LogP contribution in [0.25, 0.3) is 22.2 Å². The highest BCUT2D eigenvalue weighted by molar-refractivity contribution is 5.93. The van der Waals surface area contributed by atoms with Crippen LogP contribution in [0, 0.1) is 0 Å². The summed E-state index contributed by atoms with van der Waals surface area (Å²) in [5.41, 5.74) is 1.10. The second-order valence-electron chi connectivity index (χ2n) is 11.3. The minimum absolute atomic E-state index is 0.0157. The fraction of sp³-hybridized carbons (Fsp3) is 0.387. The number of hydrogen-bond acceptors (Lipinski definition) is 6. The van der Waals surface area contributed by atoms with Crippen LogP contribution in [0.5, 0.6) is 0 Å². The summed E-state index contributed by atoms with van der Waals surface area (Å²) in [5, 5.41) is 14.2. The predicted octanol–water partition coefficient (Wildman–Crippen LogP) is 7.20. The summed E-state index contributed by atoms with van der Waals surface area (Å²) in [5.74, 6) is 0.719. The van der Waals surface area contributed by atoms with Gasteiger partial charge in [-0.25, -0.2) is 9.78 Å². The molecule has 2 saturated heterocycles. The van der Waals surface area contributed by atoms with Gasteiger partial charge in [0.1, 0.15) is 17.3 Å². The molecule has 4 heterocycles. The van der Waals surface area contributed by atoms with Crippen molar-refractivity contribution in [3.63, 3.8) is 0 Å². The molecule has 2 aromatic carbocycles. The minimum atomic E-state index is -4.51. The molecular formula is C31H28F3N3O4. The maximum atomic E-state index is 13.8. The molecule has 1 saturated carbocycles. The maximum Gasteiger partial charge on any atom is 0.417 e. The standard InChI is InChI=1S/C31H28F3N3O4/c32-31(33,34)25-4-2-1-3-23(25)28-24(29(41-36-28)17-5-6-17)16-40-22-14-20-9-10-21(15-22)37(20)27-12-8-18-13-19(30(38)39)7-11-26(18)35-27/h1-4,7-8,11-13,17,20-22H,5-6,9-10,14-16H2,(H,38,39)/t20-,21+,22?. The van der Waals surface area contributed by atoms with Gasteiger partial charge in [0, 0.05) is 34.5 Å². The summed E-state index contributed by atoms with van der Waals surface area (Å²) in [4.78, 5) is 18.5. The highest BCUT2D eigenvalue weighted by Gasteiger charge is 2.43. The Kier molecular flexibility index (Phi) is 6.26. The topological polar surface area (TPSA) is 88.7 Å². The van der Waals surface area contributed by atoms with Crippen molar-refractivity contribution in [2.45, 2.75) is 75.4 Å². The first kappa shape index (κ1) is 26.0. The average Bonchev–Trinajstić information content (AvgIpc) is 3.66. The molecule has 4 aromatic rings. The fourth-order valence-electron chi connectivity index (χ4n) is 6.51. The summed E-state index contributed by atoms with van der Waals surface area (Å²) < 4.78 is 53.4. The Balaban J connectivity index is 1.10. The summed E-state index contributed by atoms with van der Waals surface area (Å²) >= 11 is 0. The van der Waals surface area contributed by atoms with E-state index in [2.05, 4.69) is 10.1 Å². The van der Waals surface area contributed by atoms with Crippen LogP contribution in [-0.2, 0) is 17.5 Å². The molecule has 41 heavy (non-hydrogen) atoms. The van der Waals surface area contributed by atoms with Crippen LogP contribution in [0.4, 0.5) is 19.0 Å². The number of piperidine rings is 1. The van der Waals surface area contributed by atoms with Gasteiger partial charge in [0.05, 0.1) is 29.4 Å². The molecule has 0 spiro atoms. The lowest BCUT2D eigenvalue weighted by Gasteiger charge is -2.39. The SMILES string of the molecule is O=C(O)c1ccc2nc(N3[C@@H]4CC[C@H]3CC(OCc3c(-c5ccccc5C(F)(F)F)noc3C3CC3)C4)ccc2c1. The van der Waals surface area contributed by atoms with E-state index in [9.17, 15) is 23.1 Å². The number of halogens is 3. The van der Waals surface area contributed by atoms with Crippen LogP contribution < -0.4 is 4.90 Å². The van der Waals surface area contributed by atoms with Crippen LogP contribution in [0.2, 0.25) is 0 Å². The lowest BCUT2D eigenvalue weighted by atomic mass is 9.98. The molecule has 3 atom stereocenters. The minimum Gasteiger partial charge on any atom is -0.478 e. The Morgan fingerprint density at radius 3 is 2.49 bits per heavy atom. The van der Waals surface area contributed by atoms with Gasteiger partial charge in [-0.15, -0.1) is 0 Å². The lowest BCUT2D eigenvalue weighted by Crippen LogP contribution is -2.46. The maximum absolute atomic E-state index is 13.8. The van der Waals surface area contributed by atoms with Crippen LogP contribution in [0.1, 0.15) is 71.7 Å². The molecule has 2 bridgehead atoms. The molecule has 0 radical (unpaired) electrons. The molecule has 1 N–H and O–H groups in total. The van der Waals surface area contributed by atoms with Gasteiger partial charge < -0.3 is 19.3 Å². The monoisotopic (exact) mass is 563 g/mol. The van der Waals surface area contributed by atoms with Gasteiger partial charge in [0.15, 0.2) is 0 Å². The number of alkyl halides is 3. The number of ether oxygens (including phenoxy) is 1. The third-order valence-corrected chi connectivity index (χ3v) is 8.59. The number of benzene rings is 2. The first-order valence-corrected chi connectivity index (χ1v) is 14.0. The number of rotatable bonds is 7. The molecule has 10 heteroatoms. The first-order valence-electron chi connectivity index (χ1n) is 14.0. The number of pyridine rings is 1. The Morgan fingerprint density at radius 2 is 1.78 bits per heavy atom. The van der Waals surface area contributed by atoms with Gasteiger partial charge in [-0.05, 0) is 74.9 Å². The molecule has 3 aliphatic rings. The molecular weight excluding hydrogens is 535 g/mol. The summed E-state index contributed by atoms with van der Waals surface area (Å²) in [6.07, 6.45) is 0.895. The fourth-order valence-corrected chi connectivity index (χ4v) is 6.51. The first-order chi connectivity index (χ1) is 19.8. The molecule has 7 rings (SSSR count). The van der Waals surface area contributed by atoms with Gasteiger partial charge in [-0.3, -0.25) is 0 Å². The normalized spacial score (nSPS) is 22.4. The molecule has 1 aliphatic carbocycles. The highest BCUT2D eigenvalue weighted by Crippen LogP contribution is 2.46. The number of carbonyl (C=O) groups is 1. The smallest absolute Gasteiger partial charge is 0.417 e. The zero-order valence-corrected chi connectivity index (χ0v) is 22.1. The third kappa shape index (κ3) is 4.84. The Bertz CT molecular complexity index is 1620. The van der Waals surface area contributed by atoms with E-state index in [0.717, 1.165) is 61.3 Å². The Hall–Kier alpha value is -3.92. The summed E-state index contributed by atoms with van der Waals surface area (Å²) in [7, 11) is 0. The number of aromatic nitrogens is 2. The van der Waals surface area contributed by atoms with E-state index in [1.54, 1.807) is 24.3 Å². The lowest BCUT2D eigenvalue weighted by molar-refractivity contribution is -0.137.